The third-order valence-electron chi connectivity index (χ3n) is 1.89. The highest BCUT2D eigenvalue weighted by Gasteiger charge is 2.19. The zero-order valence-corrected chi connectivity index (χ0v) is 8.93. The first-order valence-electron chi connectivity index (χ1n) is 4.68. The van der Waals surface area contributed by atoms with E-state index in [1.807, 2.05) is 0 Å². The second kappa shape index (κ2) is 5.11. The maximum absolute atomic E-state index is 11.8. The molecule has 0 aliphatic carbocycles. The number of rotatable bonds is 5. The number of nitrogens with one attached hydrogen (secondary N) is 1. The van der Waals surface area contributed by atoms with Gasteiger partial charge in [0, 0.05) is 12.2 Å². The summed E-state index contributed by atoms with van der Waals surface area (Å²) in [5.41, 5.74) is 0.956. The van der Waals surface area contributed by atoms with E-state index in [0.717, 1.165) is 10.6 Å². The molecule has 0 spiro atoms. The van der Waals surface area contributed by atoms with Gasteiger partial charge in [0.2, 0.25) is 0 Å². The lowest BCUT2D eigenvalue weighted by Gasteiger charge is -2.17. The van der Waals surface area contributed by atoms with Gasteiger partial charge in [-0.1, -0.05) is 6.08 Å². The molecule has 1 aromatic heterocycles. The zero-order valence-electron chi connectivity index (χ0n) is 8.93. The molecule has 6 nitrogen and oxygen atoms in total. The third-order valence-corrected chi connectivity index (χ3v) is 1.89. The van der Waals surface area contributed by atoms with Gasteiger partial charge < -0.3 is 10.0 Å². The van der Waals surface area contributed by atoms with Gasteiger partial charge in [-0.3, -0.25) is 14.7 Å². The van der Waals surface area contributed by atoms with Gasteiger partial charge in [0.1, 0.15) is 12.2 Å². The average molecular weight is 223 g/mol. The van der Waals surface area contributed by atoms with Crippen molar-refractivity contribution >= 4 is 11.9 Å². The summed E-state index contributed by atoms with van der Waals surface area (Å²) in [4.78, 5) is 23.5. The van der Waals surface area contributed by atoms with Crippen molar-refractivity contribution in [1.29, 1.82) is 0 Å². The van der Waals surface area contributed by atoms with Gasteiger partial charge >= 0.3 is 5.97 Å². The predicted octanol–water partition coefficient (Wildman–Crippen LogP) is 0.431. The monoisotopic (exact) mass is 223 g/mol. The fourth-order valence-corrected chi connectivity index (χ4v) is 1.23. The summed E-state index contributed by atoms with van der Waals surface area (Å²) in [6.07, 6.45) is 1.47. The summed E-state index contributed by atoms with van der Waals surface area (Å²) in [7, 11) is 0. The Kier molecular flexibility index (Phi) is 3.82. The van der Waals surface area contributed by atoms with Crippen LogP contribution < -0.4 is 0 Å². The molecule has 16 heavy (non-hydrogen) atoms. The van der Waals surface area contributed by atoms with Crippen molar-refractivity contribution in [2.24, 2.45) is 0 Å². The number of carboxylic acid groups (broad SMARTS) is 1. The van der Waals surface area contributed by atoms with Gasteiger partial charge in [0.15, 0.2) is 0 Å². The average Bonchev–Trinajstić information content (AvgIpc) is 2.62. The Labute approximate surface area is 92.6 Å². The molecule has 6 heteroatoms. The number of carbonyl (C=O) groups is 2. The largest absolute Gasteiger partial charge is 0.480 e. The van der Waals surface area contributed by atoms with Crippen LogP contribution in [0.15, 0.2) is 18.7 Å². The Morgan fingerprint density at radius 3 is 2.81 bits per heavy atom. The lowest BCUT2D eigenvalue weighted by molar-refractivity contribution is -0.137. The second-order valence-electron chi connectivity index (χ2n) is 3.30. The van der Waals surface area contributed by atoms with Crippen molar-refractivity contribution in [1.82, 2.24) is 15.1 Å². The molecule has 0 bridgehead atoms. The molecule has 0 unspecified atom stereocenters. The van der Waals surface area contributed by atoms with E-state index in [-0.39, 0.29) is 18.8 Å². The number of hydrogen-bond acceptors (Lipinski definition) is 3. The Morgan fingerprint density at radius 1 is 1.69 bits per heavy atom. The van der Waals surface area contributed by atoms with Gasteiger partial charge in [0.05, 0.1) is 0 Å². The number of amides is 1. The van der Waals surface area contributed by atoms with Crippen LogP contribution in [-0.2, 0) is 4.79 Å². The van der Waals surface area contributed by atoms with Gasteiger partial charge in [-0.05, 0) is 13.0 Å². The van der Waals surface area contributed by atoms with Crippen molar-refractivity contribution in [3.63, 3.8) is 0 Å². The van der Waals surface area contributed by atoms with E-state index in [1.54, 1.807) is 13.0 Å². The molecule has 0 saturated carbocycles. The maximum atomic E-state index is 11.8. The molecule has 86 valence electrons. The topological polar surface area (TPSA) is 86.3 Å². The SMILES string of the molecule is C=CCN(CC(=O)O)C(=O)c1cc(C)[nH]n1. The van der Waals surface area contributed by atoms with Crippen LogP contribution in [0.1, 0.15) is 16.2 Å². The molecular weight excluding hydrogens is 210 g/mol. The molecule has 1 aromatic rings. The normalized spacial score (nSPS) is 9.81. The standard InChI is InChI=1S/C10H13N3O3/c1-3-4-13(6-9(14)15)10(16)8-5-7(2)11-12-8/h3,5H,1,4,6H2,2H3,(H,11,12)(H,14,15). The number of H-pyrrole nitrogens is 1. The summed E-state index contributed by atoms with van der Waals surface area (Å²) < 4.78 is 0. The summed E-state index contributed by atoms with van der Waals surface area (Å²) in [5, 5.41) is 15.1. The van der Waals surface area contributed by atoms with E-state index in [1.165, 1.54) is 6.08 Å². The van der Waals surface area contributed by atoms with E-state index in [9.17, 15) is 9.59 Å². The van der Waals surface area contributed by atoms with Gasteiger partial charge in [-0.25, -0.2) is 0 Å². The van der Waals surface area contributed by atoms with Crippen LogP contribution in [0.4, 0.5) is 0 Å². The van der Waals surface area contributed by atoms with Crippen LogP contribution in [-0.4, -0.2) is 45.2 Å². The Bertz CT molecular complexity index is 411. The Morgan fingerprint density at radius 2 is 2.38 bits per heavy atom. The summed E-state index contributed by atoms with van der Waals surface area (Å²) >= 11 is 0. The number of hydrogen-bond donors (Lipinski definition) is 2. The smallest absolute Gasteiger partial charge is 0.323 e. The minimum atomic E-state index is -1.07. The van der Waals surface area contributed by atoms with Gasteiger partial charge in [0.25, 0.3) is 5.91 Å². The van der Waals surface area contributed by atoms with E-state index in [0.29, 0.717) is 0 Å². The van der Waals surface area contributed by atoms with Crippen molar-refractivity contribution in [2.75, 3.05) is 13.1 Å². The van der Waals surface area contributed by atoms with E-state index in [2.05, 4.69) is 16.8 Å². The number of nitrogens with zero attached hydrogens (tertiary/aromatic N) is 2. The highest BCUT2D eigenvalue weighted by atomic mass is 16.4. The molecular formula is C10H13N3O3. The molecule has 1 heterocycles. The van der Waals surface area contributed by atoms with Gasteiger partial charge in [-0.15, -0.1) is 6.58 Å². The number of aromatic amines is 1. The molecule has 0 aromatic carbocycles. The molecule has 0 fully saturated rings. The van der Waals surface area contributed by atoms with Crippen LogP contribution in [0.5, 0.6) is 0 Å². The van der Waals surface area contributed by atoms with Crippen LogP contribution in [0.25, 0.3) is 0 Å². The van der Waals surface area contributed by atoms with Crippen LogP contribution in [0, 0.1) is 6.92 Å². The van der Waals surface area contributed by atoms with Crippen molar-refractivity contribution in [2.45, 2.75) is 6.92 Å². The first kappa shape index (κ1) is 12.0. The van der Waals surface area contributed by atoms with E-state index >= 15 is 0 Å². The highest BCUT2D eigenvalue weighted by molar-refractivity contribution is 5.94. The first-order chi connectivity index (χ1) is 7.54. The zero-order chi connectivity index (χ0) is 12.1. The summed E-state index contributed by atoms with van der Waals surface area (Å²) in [5.74, 6) is -1.49. The molecule has 0 aliphatic rings. The minimum absolute atomic E-state index is 0.178. The van der Waals surface area contributed by atoms with Crippen LogP contribution in [0.2, 0.25) is 0 Å². The number of carbonyl (C=O) groups excluding carboxylic acids is 1. The lowest BCUT2D eigenvalue weighted by Crippen LogP contribution is -2.36. The predicted molar refractivity (Wildman–Crippen MR) is 57.1 cm³/mol. The molecule has 2 N–H and O–H groups in total. The van der Waals surface area contributed by atoms with E-state index < -0.39 is 11.9 Å². The van der Waals surface area contributed by atoms with E-state index in [4.69, 9.17) is 5.11 Å². The Balaban J connectivity index is 2.81. The molecule has 0 aliphatic heterocycles. The fraction of sp³-hybridized carbons (Fsp3) is 0.300. The minimum Gasteiger partial charge on any atom is -0.480 e. The quantitative estimate of drug-likeness (QED) is 0.709. The second-order valence-corrected chi connectivity index (χ2v) is 3.30. The molecule has 0 radical (unpaired) electrons. The number of carboxylic acids is 1. The molecule has 0 atom stereocenters. The van der Waals surface area contributed by atoms with Crippen LogP contribution in [0.3, 0.4) is 0 Å². The van der Waals surface area contributed by atoms with Gasteiger partial charge in [-0.2, -0.15) is 5.10 Å². The number of aryl methyl sites for hydroxylation is 1. The highest BCUT2D eigenvalue weighted by Crippen LogP contribution is 2.03. The summed E-state index contributed by atoms with van der Waals surface area (Å²) in [6.45, 7) is 5.05. The number of aromatic nitrogens is 2. The van der Waals surface area contributed by atoms with Crippen molar-refractivity contribution in [3.05, 3.63) is 30.1 Å². The lowest BCUT2D eigenvalue weighted by atomic mass is 10.3. The number of aliphatic carboxylic acids is 1. The summed E-state index contributed by atoms with van der Waals surface area (Å²) in [6, 6.07) is 1.57. The molecule has 1 amide bonds. The maximum Gasteiger partial charge on any atom is 0.323 e. The third kappa shape index (κ3) is 2.94. The Hall–Kier alpha value is -2.11. The first-order valence-corrected chi connectivity index (χ1v) is 4.68. The fourth-order valence-electron chi connectivity index (χ4n) is 1.23. The van der Waals surface area contributed by atoms with Crippen LogP contribution >= 0.6 is 0 Å². The molecule has 1 rings (SSSR count). The van der Waals surface area contributed by atoms with Crippen molar-refractivity contribution in [3.8, 4) is 0 Å². The molecule has 0 saturated heterocycles. The van der Waals surface area contributed by atoms with Crippen molar-refractivity contribution < 1.29 is 14.7 Å².